The Kier molecular flexibility index (Phi) is 5.62. The van der Waals surface area contributed by atoms with E-state index in [4.69, 9.17) is 11.6 Å². The van der Waals surface area contributed by atoms with Crippen molar-refractivity contribution in [1.82, 2.24) is 0 Å². The highest BCUT2D eigenvalue weighted by molar-refractivity contribution is 6.32. The number of phenolic OH excluding ortho intramolecular Hbond substituents is 1. The first-order valence-corrected chi connectivity index (χ1v) is 7.92. The molecule has 0 saturated carbocycles. The Morgan fingerprint density at radius 1 is 1.21 bits per heavy atom. The molecule has 0 aliphatic rings. The van der Waals surface area contributed by atoms with Crippen molar-refractivity contribution < 1.29 is 14.6 Å². The molecule has 2 rings (SSSR count). The second kappa shape index (κ2) is 7.49. The maximum Gasteiger partial charge on any atom is 0.341 e. The van der Waals surface area contributed by atoms with Crippen LogP contribution in [0.2, 0.25) is 5.02 Å². The van der Waals surface area contributed by atoms with Crippen molar-refractivity contribution in [2.75, 3.05) is 7.11 Å². The number of carbonyl (C=O) groups excluding carboxylic acids is 1. The van der Waals surface area contributed by atoms with Gasteiger partial charge in [-0.05, 0) is 44.0 Å². The number of methoxy groups -OCH3 is 1. The zero-order valence-corrected chi connectivity index (χ0v) is 14.9. The molecule has 2 aromatic rings. The van der Waals surface area contributed by atoms with Gasteiger partial charge in [0.1, 0.15) is 11.3 Å². The molecular formula is C19H20ClNO3. The third kappa shape index (κ3) is 3.77. The number of hydrogen-bond acceptors (Lipinski definition) is 4. The molecular weight excluding hydrogens is 326 g/mol. The Balaban J connectivity index is 2.40. The van der Waals surface area contributed by atoms with Crippen LogP contribution in [0.15, 0.2) is 35.3 Å². The first-order valence-electron chi connectivity index (χ1n) is 7.54. The predicted octanol–water partition coefficient (Wildman–Crippen LogP) is 4.78. The van der Waals surface area contributed by atoms with Gasteiger partial charge in [-0.15, -0.1) is 0 Å². The van der Waals surface area contributed by atoms with E-state index in [1.54, 1.807) is 6.07 Å². The number of aryl methyl sites for hydroxylation is 2. The van der Waals surface area contributed by atoms with Crippen LogP contribution in [0.3, 0.4) is 0 Å². The average molecular weight is 346 g/mol. The van der Waals surface area contributed by atoms with Gasteiger partial charge >= 0.3 is 5.97 Å². The second-order valence-electron chi connectivity index (χ2n) is 5.68. The van der Waals surface area contributed by atoms with Crippen LogP contribution in [0.1, 0.15) is 34.0 Å². The molecule has 1 N–H and O–H groups in total. The predicted molar refractivity (Wildman–Crippen MR) is 96.8 cm³/mol. The number of halogens is 1. The summed E-state index contributed by atoms with van der Waals surface area (Å²) in [5, 5.41) is 10.7. The van der Waals surface area contributed by atoms with Crippen LogP contribution in [0.4, 0.5) is 5.69 Å². The Hall–Kier alpha value is -2.33. The van der Waals surface area contributed by atoms with Crippen molar-refractivity contribution in [3.05, 3.63) is 57.6 Å². The highest BCUT2D eigenvalue weighted by Gasteiger charge is 2.18. The largest absolute Gasteiger partial charge is 0.507 e. The summed E-state index contributed by atoms with van der Waals surface area (Å²) in [6.45, 7) is 5.87. The van der Waals surface area contributed by atoms with Gasteiger partial charge in [-0.3, -0.25) is 4.99 Å². The Morgan fingerprint density at radius 2 is 1.83 bits per heavy atom. The maximum atomic E-state index is 11.7. The minimum atomic E-state index is -0.602. The lowest BCUT2D eigenvalue weighted by Crippen LogP contribution is -2.06. The van der Waals surface area contributed by atoms with E-state index in [2.05, 4.69) is 9.73 Å². The zero-order valence-electron chi connectivity index (χ0n) is 14.2. The van der Waals surface area contributed by atoms with Gasteiger partial charge in [0, 0.05) is 22.7 Å². The third-order valence-electron chi connectivity index (χ3n) is 3.81. The van der Waals surface area contributed by atoms with Crippen molar-refractivity contribution in [3.63, 3.8) is 0 Å². The van der Waals surface area contributed by atoms with Crippen LogP contribution in [0.25, 0.3) is 0 Å². The van der Waals surface area contributed by atoms with Gasteiger partial charge in [0.2, 0.25) is 0 Å². The fourth-order valence-corrected chi connectivity index (χ4v) is 2.74. The van der Waals surface area contributed by atoms with Crippen molar-refractivity contribution in [3.8, 4) is 5.75 Å². The lowest BCUT2D eigenvalue weighted by molar-refractivity contribution is 0.0597. The first kappa shape index (κ1) is 18.0. The van der Waals surface area contributed by atoms with Crippen LogP contribution in [-0.4, -0.2) is 23.9 Å². The molecule has 0 unspecified atom stereocenters. The summed E-state index contributed by atoms with van der Waals surface area (Å²) >= 11 is 6.19. The van der Waals surface area contributed by atoms with Gasteiger partial charge in [0.05, 0.1) is 12.8 Å². The number of nitrogens with zero attached hydrogens (tertiary/aromatic N) is 1. The number of rotatable bonds is 4. The van der Waals surface area contributed by atoms with E-state index in [-0.39, 0.29) is 11.3 Å². The van der Waals surface area contributed by atoms with E-state index >= 15 is 0 Å². The maximum absolute atomic E-state index is 11.7. The topological polar surface area (TPSA) is 58.9 Å². The highest BCUT2D eigenvalue weighted by Crippen LogP contribution is 2.31. The number of phenols is 1. The second-order valence-corrected chi connectivity index (χ2v) is 6.09. The third-order valence-corrected chi connectivity index (χ3v) is 4.16. The first-order chi connectivity index (χ1) is 11.3. The number of aliphatic imine (C=N–C) groups is 1. The molecule has 0 bridgehead atoms. The van der Waals surface area contributed by atoms with Crippen molar-refractivity contribution in [2.45, 2.75) is 27.2 Å². The molecule has 126 valence electrons. The molecule has 0 fully saturated rings. The summed E-state index contributed by atoms with van der Waals surface area (Å²) in [6, 6.07) is 9.02. The number of hydrogen-bond donors (Lipinski definition) is 1. The van der Waals surface area contributed by atoms with Crippen LogP contribution in [0, 0.1) is 13.8 Å². The Labute approximate surface area is 146 Å². The molecule has 24 heavy (non-hydrogen) atoms. The molecule has 0 saturated heterocycles. The van der Waals surface area contributed by atoms with E-state index in [9.17, 15) is 9.90 Å². The molecule has 2 aromatic carbocycles. The zero-order chi connectivity index (χ0) is 17.9. The quantitative estimate of drug-likeness (QED) is 0.640. The van der Waals surface area contributed by atoms with Gasteiger partial charge in [-0.2, -0.15) is 0 Å². The molecule has 5 heteroatoms. The molecule has 0 amide bonds. The van der Waals surface area contributed by atoms with Gasteiger partial charge in [0.15, 0.2) is 0 Å². The Bertz CT molecular complexity index is 792. The molecule has 0 spiro atoms. The normalized spacial score (nSPS) is 11.5. The van der Waals surface area contributed by atoms with E-state index in [0.717, 1.165) is 22.5 Å². The summed E-state index contributed by atoms with van der Waals surface area (Å²) in [6.07, 6.45) is 0.337. The fourth-order valence-electron chi connectivity index (χ4n) is 2.52. The van der Waals surface area contributed by atoms with Crippen LogP contribution in [-0.2, 0) is 11.2 Å². The molecule has 0 radical (unpaired) electrons. The molecule has 0 aliphatic carbocycles. The summed E-state index contributed by atoms with van der Waals surface area (Å²) < 4.78 is 4.67. The van der Waals surface area contributed by atoms with Gasteiger partial charge in [-0.25, -0.2) is 4.79 Å². The average Bonchev–Trinajstić information content (AvgIpc) is 2.54. The summed E-state index contributed by atoms with van der Waals surface area (Å²) in [4.78, 5) is 16.4. The lowest BCUT2D eigenvalue weighted by atomic mass is 10.0. The van der Waals surface area contributed by atoms with E-state index in [1.165, 1.54) is 13.2 Å². The highest BCUT2D eigenvalue weighted by atomic mass is 35.5. The minimum absolute atomic E-state index is 0.0942. The number of aromatic hydroxyl groups is 1. The molecule has 0 aliphatic heterocycles. The van der Waals surface area contributed by atoms with Crippen LogP contribution in [0.5, 0.6) is 5.75 Å². The number of ether oxygens (including phenoxy) is 1. The number of carbonyl (C=O) groups is 1. The summed E-state index contributed by atoms with van der Waals surface area (Å²) in [7, 11) is 1.27. The molecule has 0 atom stereocenters. The number of esters is 1. The van der Waals surface area contributed by atoms with Gasteiger partial charge in [-0.1, -0.05) is 29.8 Å². The van der Waals surface area contributed by atoms with Gasteiger partial charge < -0.3 is 9.84 Å². The van der Waals surface area contributed by atoms with Crippen molar-refractivity contribution >= 4 is 29.0 Å². The van der Waals surface area contributed by atoms with E-state index in [1.807, 2.05) is 39.0 Å². The van der Waals surface area contributed by atoms with Gasteiger partial charge in [0.25, 0.3) is 0 Å². The fraction of sp³-hybridized carbons (Fsp3) is 0.263. The number of benzene rings is 2. The van der Waals surface area contributed by atoms with E-state index in [0.29, 0.717) is 17.0 Å². The standard InChI is InChI=1S/C19H20ClNO3/c1-11-6-5-7-12(2)17(11)21-13(3)10-15-16(20)9-8-14(18(15)22)19(23)24-4/h5-9,22H,10H2,1-4H3. The smallest absolute Gasteiger partial charge is 0.341 e. The monoisotopic (exact) mass is 345 g/mol. The van der Waals surface area contributed by atoms with Crippen molar-refractivity contribution in [1.29, 1.82) is 0 Å². The molecule has 0 heterocycles. The van der Waals surface area contributed by atoms with Crippen molar-refractivity contribution in [2.24, 2.45) is 4.99 Å². The minimum Gasteiger partial charge on any atom is -0.507 e. The molecule has 4 nitrogen and oxygen atoms in total. The lowest BCUT2D eigenvalue weighted by Gasteiger charge is -2.11. The summed E-state index contributed by atoms with van der Waals surface area (Å²) in [5.74, 6) is -0.764. The summed E-state index contributed by atoms with van der Waals surface area (Å²) in [5.41, 5.74) is 4.41. The Morgan fingerprint density at radius 3 is 2.42 bits per heavy atom. The SMILES string of the molecule is COC(=O)c1ccc(Cl)c(CC(C)=Nc2c(C)cccc2C)c1O. The van der Waals surface area contributed by atoms with Crippen LogP contribution >= 0.6 is 11.6 Å². The van der Waals surface area contributed by atoms with E-state index < -0.39 is 5.97 Å². The van der Waals surface area contributed by atoms with Crippen LogP contribution < -0.4 is 0 Å². The molecule has 0 aromatic heterocycles. The number of para-hydroxylation sites is 1.